The van der Waals surface area contributed by atoms with Crippen molar-refractivity contribution in [2.45, 2.75) is 39.0 Å². The molecule has 1 nitrogen and oxygen atoms in total. The van der Waals surface area contributed by atoms with Gasteiger partial charge >= 0.3 is 0 Å². The van der Waals surface area contributed by atoms with Crippen LogP contribution in [-0.4, -0.2) is 24.5 Å². The Labute approximate surface area is 69.1 Å². The maximum absolute atomic E-state index is 2.60. The summed E-state index contributed by atoms with van der Waals surface area (Å²) in [6.45, 7) is 6.33. The normalized spacial score (nSPS) is 19.4. The molecule has 0 N–H and O–H groups in total. The molecule has 0 bridgehead atoms. The van der Waals surface area contributed by atoms with Crippen molar-refractivity contribution >= 4 is 0 Å². The Balaban J connectivity index is 0.000001000. The van der Waals surface area contributed by atoms with Gasteiger partial charge in [0.1, 0.15) is 0 Å². The van der Waals surface area contributed by atoms with E-state index < -0.39 is 0 Å². The molecule has 0 radical (unpaired) electrons. The minimum atomic E-state index is 0. The maximum atomic E-state index is 2.60. The molecule has 1 aliphatic rings. The van der Waals surface area contributed by atoms with Gasteiger partial charge in [-0.1, -0.05) is 19.8 Å². The highest BCUT2D eigenvalue weighted by Crippen LogP contribution is 2.08. The summed E-state index contributed by atoms with van der Waals surface area (Å²) in [5, 5.41) is 0. The van der Waals surface area contributed by atoms with Crippen molar-refractivity contribution in [3.8, 4) is 0 Å². The lowest BCUT2D eigenvalue weighted by Gasteiger charge is -2.25. The second-order valence-electron chi connectivity index (χ2n) is 3.26. The monoisotopic (exact) mass is 161 g/mol. The van der Waals surface area contributed by atoms with E-state index in [-0.39, 0.29) is 4.70 Å². The highest BCUT2D eigenvalue weighted by atomic mass is 19.0. The molecule has 0 spiro atoms. The van der Waals surface area contributed by atoms with Crippen molar-refractivity contribution in [2.75, 3.05) is 19.6 Å². The molecular formula is C9H20FN. The second-order valence-corrected chi connectivity index (χ2v) is 3.26. The molecule has 0 atom stereocenters. The highest BCUT2D eigenvalue weighted by molar-refractivity contribution is 4.63. The lowest BCUT2D eigenvalue weighted by atomic mass is 10.1. The van der Waals surface area contributed by atoms with E-state index in [1.165, 1.54) is 51.7 Å². The van der Waals surface area contributed by atoms with Crippen molar-refractivity contribution in [3.63, 3.8) is 0 Å². The molecule has 0 aliphatic carbocycles. The fourth-order valence-corrected chi connectivity index (χ4v) is 1.56. The number of piperidine rings is 1. The summed E-state index contributed by atoms with van der Waals surface area (Å²) in [5.74, 6) is 0. The largest absolute Gasteiger partial charge is 0.303 e. The summed E-state index contributed by atoms with van der Waals surface area (Å²) in [4.78, 5) is 2.60. The predicted molar refractivity (Wildman–Crippen MR) is 47.7 cm³/mol. The van der Waals surface area contributed by atoms with Gasteiger partial charge in [-0.05, 0) is 38.9 Å². The van der Waals surface area contributed by atoms with Crippen molar-refractivity contribution in [3.05, 3.63) is 0 Å². The van der Waals surface area contributed by atoms with Gasteiger partial charge < -0.3 is 4.90 Å². The molecule has 1 heterocycles. The Bertz CT molecular complexity index is 79.6. The van der Waals surface area contributed by atoms with E-state index in [0.717, 1.165) is 0 Å². The molecule has 1 saturated heterocycles. The molecule has 1 aliphatic heterocycles. The fraction of sp³-hybridized carbons (Fsp3) is 1.00. The Morgan fingerprint density at radius 2 is 1.73 bits per heavy atom. The molecule has 0 unspecified atom stereocenters. The van der Waals surface area contributed by atoms with Gasteiger partial charge in [-0.3, -0.25) is 4.70 Å². The van der Waals surface area contributed by atoms with Gasteiger partial charge in [0.2, 0.25) is 0 Å². The van der Waals surface area contributed by atoms with Gasteiger partial charge in [0.05, 0.1) is 0 Å². The van der Waals surface area contributed by atoms with Gasteiger partial charge in [0, 0.05) is 0 Å². The Kier molecular flexibility index (Phi) is 6.52. The van der Waals surface area contributed by atoms with Gasteiger partial charge in [0.15, 0.2) is 0 Å². The van der Waals surface area contributed by atoms with E-state index in [2.05, 4.69) is 11.8 Å². The van der Waals surface area contributed by atoms with Gasteiger partial charge in [-0.2, -0.15) is 0 Å². The molecular weight excluding hydrogens is 141 g/mol. The number of nitrogens with zero attached hydrogens (tertiary/aromatic N) is 1. The van der Waals surface area contributed by atoms with E-state index in [9.17, 15) is 0 Å². The summed E-state index contributed by atoms with van der Waals surface area (Å²) in [5.41, 5.74) is 0. The van der Waals surface area contributed by atoms with Crippen molar-refractivity contribution in [2.24, 2.45) is 0 Å². The number of halogens is 1. The standard InChI is InChI=1S/C9H19N.FH/c1-2-3-7-10-8-5-4-6-9-10;/h2-9H2,1H3;1H. The smallest absolute Gasteiger partial charge is 0.00187 e. The third-order valence-corrected chi connectivity index (χ3v) is 2.28. The molecule has 0 aromatic rings. The topological polar surface area (TPSA) is 3.24 Å². The third-order valence-electron chi connectivity index (χ3n) is 2.28. The van der Waals surface area contributed by atoms with Crippen molar-refractivity contribution in [1.82, 2.24) is 4.90 Å². The maximum Gasteiger partial charge on any atom is -0.00187 e. The number of hydrogen-bond acceptors (Lipinski definition) is 1. The first-order valence-electron chi connectivity index (χ1n) is 4.66. The zero-order valence-corrected chi connectivity index (χ0v) is 7.51. The number of hydrogen-bond donors (Lipinski definition) is 0. The van der Waals surface area contributed by atoms with Gasteiger partial charge in [-0.25, -0.2) is 0 Å². The molecule has 1 rings (SSSR count). The zero-order chi connectivity index (χ0) is 7.23. The van der Waals surface area contributed by atoms with Crippen LogP contribution in [0, 0.1) is 0 Å². The third kappa shape index (κ3) is 4.35. The van der Waals surface area contributed by atoms with Crippen LogP contribution in [-0.2, 0) is 0 Å². The molecule has 0 aromatic heterocycles. The second kappa shape index (κ2) is 6.59. The molecule has 1 fully saturated rings. The van der Waals surface area contributed by atoms with Crippen LogP contribution >= 0.6 is 0 Å². The minimum absolute atomic E-state index is 0. The first-order valence-corrected chi connectivity index (χ1v) is 4.66. The lowest BCUT2D eigenvalue weighted by molar-refractivity contribution is 0.226. The first-order chi connectivity index (χ1) is 4.93. The summed E-state index contributed by atoms with van der Waals surface area (Å²) in [7, 11) is 0. The average Bonchev–Trinajstić information content (AvgIpc) is 2.03. The fourth-order valence-electron chi connectivity index (χ4n) is 1.56. The molecule has 0 aromatic carbocycles. The summed E-state index contributed by atoms with van der Waals surface area (Å²) in [6, 6.07) is 0. The first kappa shape index (κ1) is 10.9. The van der Waals surface area contributed by atoms with Crippen LogP contribution in [0.25, 0.3) is 0 Å². The summed E-state index contributed by atoms with van der Waals surface area (Å²) >= 11 is 0. The lowest BCUT2D eigenvalue weighted by Crippen LogP contribution is -2.30. The Morgan fingerprint density at radius 3 is 2.27 bits per heavy atom. The van der Waals surface area contributed by atoms with Crippen LogP contribution in [0.1, 0.15) is 39.0 Å². The molecule has 0 saturated carbocycles. The van der Waals surface area contributed by atoms with E-state index in [1.807, 2.05) is 0 Å². The van der Waals surface area contributed by atoms with E-state index in [0.29, 0.717) is 0 Å². The van der Waals surface area contributed by atoms with Gasteiger partial charge in [0.25, 0.3) is 0 Å². The molecule has 2 heteroatoms. The average molecular weight is 161 g/mol. The van der Waals surface area contributed by atoms with Crippen LogP contribution < -0.4 is 0 Å². The van der Waals surface area contributed by atoms with E-state index >= 15 is 0 Å². The summed E-state index contributed by atoms with van der Waals surface area (Å²) < 4.78 is 0. The number of rotatable bonds is 3. The molecule has 0 amide bonds. The Morgan fingerprint density at radius 1 is 1.09 bits per heavy atom. The van der Waals surface area contributed by atoms with Crippen LogP contribution in [0.5, 0.6) is 0 Å². The van der Waals surface area contributed by atoms with Crippen molar-refractivity contribution < 1.29 is 4.70 Å². The van der Waals surface area contributed by atoms with Crippen LogP contribution in [0.4, 0.5) is 4.70 Å². The SMILES string of the molecule is CCCCN1CCCCC1.F. The highest BCUT2D eigenvalue weighted by Gasteiger charge is 2.07. The quantitative estimate of drug-likeness (QED) is 0.614. The minimum Gasteiger partial charge on any atom is -0.303 e. The predicted octanol–water partition coefficient (Wildman–Crippen LogP) is 2.42. The zero-order valence-electron chi connectivity index (χ0n) is 7.51. The van der Waals surface area contributed by atoms with Crippen LogP contribution in [0.15, 0.2) is 0 Å². The van der Waals surface area contributed by atoms with E-state index in [4.69, 9.17) is 0 Å². The Hall–Kier alpha value is -0.110. The van der Waals surface area contributed by atoms with Gasteiger partial charge in [-0.15, -0.1) is 0 Å². The summed E-state index contributed by atoms with van der Waals surface area (Å²) in [6.07, 6.45) is 7.06. The number of unbranched alkanes of at least 4 members (excludes halogenated alkanes) is 1. The van der Waals surface area contributed by atoms with Crippen molar-refractivity contribution in [1.29, 1.82) is 0 Å². The molecule has 68 valence electrons. The number of likely N-dealkylation sites (tertiary alicyclic amines) is 1. The van der Waals surface area contributed by atoms with E-state index in [1.54, 1.807) is 0 Å². The van der Waals surface area contributed by atoms with Crippen LogP contribution in [0.3, 0.4) is 0 Å². The van der Waals surface area contributed by atoms with Crippen LogP contribution in [0.2, 0.25) is 0 Å². The molecule has 11 heavy (non-hydrogen) atoms.